The second kappa shape index (κ2) is 3.87. The highest BCUT2D eigenvalue weighted by Gasteiger charge is 2.23. The first-order chi connectivity index (χ1) is 8.27. The Bertz CT molecular complexity index is 568. The van der Waals surface area contributed by atoms with Gasteiger partial charge in [0.15, 0.2) is 5.69 Å². The van der Waals surface area contributed by atoms with Gasteiger partial charge in [0.25, 0.3) is 0 Å². The van der Waals surface area contributed by atoms with Gasteiger partial charge in [0, 0.05) is 5.39 Å². The zero-order valence-electron chi connectivity index (χ0n) is 9.47. The fourth-order valence-corrected chi connectivity index (χ4v) is 2.67. The van der Waals surface area contributed by atoms with E-state index in [1.165, 1.54) is 12.8 Å². The van der Waals surface area contributed by atoms with E-state index in [0.717, 1.165) is 23.7 Å². The summed E-state index contributed by atoms with van der Waals surface area (Å²) in [5, 5.41) is 14.2. The van der Waals surface area contributed by atoms with Gasteiger partial charge in [0.2, 0.25) is 0 Å². The van der Waals surface area contributed by atoms with E-state index in [-0.39, 0.29) is 5.69 Å². The summed E-state index contributed by atoms with van der Waals surface area (Å²) in [5.41, 5.74) is 1.12. The zero-order chi connectivity index (χ0) is 11.8. The standard InChI is InChI=1S/C13H14N2O2/c16-13(17)12-10-7-3-4-8-11(10)15(14-12)9-5-1-2-6-9/h3-4,7-9H,1-2,5-6H2,(H,16,17). The molecule has 2 aromatic rings. The molecule has 0 saturated heterocycles. The molecule has 0 spiro atoms. The highest BCUT2D eigenvalue weighted by molar-refractivity contribution is 6.01. The molecular formula is C13H14N2O2. The van der Waals surface area contributed by atoms with Crippen LogP contribution in [-0.4, -0.2) is 20.9 Å². The lowest BCUT2D eigenvalue weighted by Gasteiger charge is -2.10. The molecule has 0 radical (unpaired) electrons. The summed E-state index contributed by atoms with van der Waals surface area (Å²) >= 11 is 0. The van der Waals surface area contributed by atoms with Gasteiger partial charge in [0.05, 0.1) is 11.6 Å². The first kappa shape index (κ1) is 10.3. The molecule has 1 N–H and O–H groups in total. The third-order valence-electron chi connectivity index (χ3n) is 3.49. The summed E-state index contributed by atoms with van der Waals surface area (Å²) in [7, 11) is 0. The van der Waals surface area contributed by atoms with Crippen molar-refractivity contribution in [1.82, 2.24) is 9.78 Å². The van der Waals surface area contributed by atoms with Crippen molar-refractivity contribution in [2.24, 2.45) is 0 Å². The highest BCUT2D eigenvalue weighted by Crippen LogP contribution is 2.32. The average Bonchev–Trinajstić information content (AvgIpc) is 2.95. The molecule has 1 aromatic carbocycles. The molecule has 1 heterocycles. The molecule has 0 bridgehead atoms. The van der Waals surface area contributed by atoms with Gasteiger partial charge >= 0.3 is 5.97 Å². The van der Waals surface area contributed by atoms with Gasteiger partial charge < -0.3 is 5.11 Å². The Morgan fingerprint density at radius 2 is 2.00 bits per heavy atom. The Labute approximate surface area is 98.9 Å². The van der Waals surface area contributed by atoms with Crippen LogP contribution in [0.2, 0.25) is 0 Å². The van der Waals surface area contributed by atoms with E-state index in [9.17, 15) is 4.79 Å². The SMILES string of the molecule is O=C(O)c1nn(C2CCCC2)c2ccccc12. The number of hydrogen-bond donors (Lipinski definition) is 1. The van der Waals surface area contributed by atoms with E-state index in [4.69, 9.17) is 5.11 Å². The quantitative estimate of drug-likeness (QED) is 0.863. The summed E-state index contributed by atoms with van der Waals surface area (Å²) in [4.78, 5) is 11.2. The zero-order valence-corrected chi connectivity index (χ0v) is 9.47. The molecule has 0 atom stereocenters. The van der Waals surface area contributed by atoms with E-state index in [2.05, 4.69) is 5.10 Å². The van der Waals surface area contributed by atoms with Crippen LogP contribution in [0, 0.1) is 0 Å². The topological polar surface area (TPSA) is 55.1 Å². The number of aromatic carboxylic acids is 1. The summed E-state index contributed by atoms with van der Waals surface area (Å²) in [6.45, 7) is 0. The maximum absolute atomic E-state index is 11.2. The molecule has 1 saturated carbocycles. The molecule has 1 aliphatic rings. The second-order valence-corrected chi connectivity index (χ2v) is 4.55. The minimum absolute atomic E-state index is 0.174. The first-order valence-electron chi connectivity index (χ1n) is 5.98. The summed E-state index contributed by atoms with van der Waals surface area (Å²) in [5.74, 6) is -0.946. The molecule has 4 nitrogen and oxygen atoms in total. The first-order valence-corrected chi connectivity index (χ1v) is 5.98. The number of nitrogens with zero attached hydrogens (tertiary/aromatic N) is 2. The van der Waals surface area contributed by atoms with Crippen LogP contribution in [0.5, 0.6) is 0 Å². The molecular weight excluding hydrogens is 216 g/mol. The predicted octanol–water partition coefficient (Wildman–Crippen LogP) is 2.85. The molecule has 3 rings (SSSR count). The molecule has 1 aliphatic carbocycles. The van der Waals surface area contributed by atoms with Crippen LogP contribution < -0.4 is 0 Å². The van der Waals surface area contributed by atoms with Crippen molar-refractivity contribution < 1.29 is 9.90 Å². The van der Waals surface area contributed by atoms with E-state index in [1.807, 2.05) is 28.9 Å². The lowest BCUT2D eigenvalue weighted by atomic mass is 10.2. The highest BCUT2D eigenvalue weighted by atomic mass is 16.4. The minimum Gasteiger partial charge on any atom is -0.476 e. The number of carboxylic acid groups (broad SMARTS) is 1. The Kier molecular flexibility index (Phi) is 2.35. The Hall–Kier alpha value is -1.84. The second-order valence-electron chi connectivity index (χ2n) is 4.55. The smallest absolute Gasteiger partial charge is 0.357 e. The number of carboxylic acids is 1. The Balaban J connectivity index is 2.20. The Morgan fingerprint density at radius 3 is 2.71 bits per heavy atom. The number of rotatable bonds is 2. The van der Waals surface area contributed by atoms with Gasteiger partial charge in [-0.05, 0) is 18.9 Å². The third-order valence-corrected chi connectivity index (χ3v) is 3.49. The van der Waals surface area contributed by atoms with Crippen LogP contribution in [0.1, 0.15) is 42.2 Å². The molecule has 88 valence electrons. The maximum Gasteiger partial charge on any atom is 0.357 e. The fraction of sp³-hybridized carbons (Fsp3) is 0.385. The van der Waals surface area contributed by atoms with Gasteiger partial charge in [0.1, 0.15) is 0 Å². The molecule has 1 aromatic heterocycles. The number of hydrogen-bond acceptors (Lipinski definition) is 2. The van der Waals surface area contributed by atoms with Gasteiger partial charge in [-0.2, -0.15) is 5.10 Å². The van der Waals surface area contributed by atoms with Crippen LogP contribution in [0.4, 0.5) is 0 Å². The number of carbonyl (C=O) groups is 1. The van der Waals surface area contributed by atoms with Crippen molar-refractivity contribution in [2.45, 2.75) is 31.7 Å². The van der Waals surface area contributed by atoms with Gasteiger partial charge in [-0.3, -0.25) is 4.68 Å². The molecule has 17 heavy (non-hydrogen) atoms. The minimum atomic E-state index is -0.946. The van der Waals surface area contributed by atoms with E-state index in [0.29, 0.717) is 6.04 Å². The average molecular weight is 230 g/mol. The Morgan fingerprint density at radius 1 is 1.29 bits per heavy atom. The van der Waals surface area contributed by atoms with Crippen molar-refractivity contribution >= 4 is 16.9 Å². The maximum atomic E-state index is 11.2. The number of benzene rings is 1. The number of fused-ring (bicyclic) bond motifs is 1. The fourth-order valence-electron chi connectivity index (χ4n) is 2.67. The molecule has 0 aliphatic heterocycles. The predicted molar refractivity (Wildman–Crippen MR) is 64.2 cm³/mol. The largest absolute Gasteiger partial charge is 0.476 e. The van der Waals surface area contributed by atoms with E-state index < -0.39 is 5.97 Å². The summed E-state index contributed by atoms with van der Waals surface area (Å²) < 4.78 is 1.91. The molecule has 0 unspecified atom stereocenters. The van der Waals surface area contributed by atoms with Crippen LogP contribution in [-0.2, 0) is 0 Å². The van der Waals surface area contributed by atoms with Gasteiger partial charge in [-0.1, -0.05) is 31.0 Å². The van der Waals surface area contributed by atoms with Crippen molar-refractivity contribution in [3.63, 3.8) is 0 Å². The normalized spacial score (nSPS) is 16.7. The number of aromatic nitrogens is 2. The van der Waals surface area contributed by atoms with Crippen molar-refractivity contribution in [1.29, 1.82) is 0 Å². The lowest BCUT2D eigenvalue weighted by Crippen LogP contribution is -2.08. The van der Waals surface area contributed by atoms with Crippen molar-refractivity contribution in [3.8, 4) is 0 Å². The molecule has 0 amide bonds. The number of para-hydroxylation sites is 1. The van der Waals surface area contributed by atoms with Crippen LogP contribution in [0.3, 0.4) is 0 Å². The van der Waals surface area contributed by atoms with E-state index >= 15 is 0 Å². The van der Waals surface area contributed by atoms with Crippen LogP contribution in [0.25, 0.3) is 10.9 Å². The molecule has 4 heteroatoms. The van der Waals surface area contributed by atoms with Crippen molar-refractivity contribution in [3.05, 3.63) is 30.0 Å². The van der Waals surface area contributed by atoms with E-state index in [1.54, 1.807) is 0 Å². The van der Waals surface area contributed by atoms with Gasteiger partial charge in [-0.25, -0.2) is 4.79 Å². The lowest BCUT2D eigenvalue weighted by molar-refractivity contribution is 0.0691. The van der Waals surface area contributed by atoms with Crippen LogP contribution >= 0.6 is 0 Å². The summed E-state index contributed by atoms with van der Waals surface area (Å²) in [6, 6.07) is 7.94. The van der Waals surface area contributed by atoms with Crippen LogP contribution in [0.15, 0.2) is 24.3 Å². The van der Waals surface area contributed by atoms with Crippen molar-refractivity contribution in [2.75, 3.05) is 0 Å². The third kappa shape index (κ3) is 1.60. The monoisotopic (exact) mass is 230 g/mol. The van der Waals surface area contributed by atoms with Gasteiger partial charge in [-0.15, -0.1) is 0 Å². The summed E-state index contributed by atoms with van der Waals surface area (Å²) in [6.07, 6.45) is 4.62. The molecule has 1 fully saturated rings.